The van der Waals surface area contributed by atoms with Gasteiger partial charge in [0.25, 0.3) is 0 Å². The van der Waals surface area contributed by atoms with Crippen molar-refractivity contribution in [2.24, 2.45) is 11.8 Å². The predicted molar refractivity (Wildman–Crippen MR) is 142 cm³/mol. The highest BCUT2D eigenvalue weighted by molar-refractivity contribution is 5.98. The van der Waals surface area contributed by atoms with Crippen LogP contribution < -0.4 is 0 Å². The van der Waals surface area contributed by atoms with Crippen LogP contribution in [-0.2, 0) is 17.6 Å². The van der Waals surface area contributed by atoms with Crippen LogP contribution in [-0.4, -0.2) is 5.78 Å². The molecule has 0 N–H and O–H groups in total. The lowest BCUT2D eigenvalue weighted by Crippen LogP contribution is -1.95. The topological polar surface area (TPSA) is 17.1 Å². The van der Waals surface area contributed by atoms with Crippen LogP contribution in [0, 0.1) is 18.8 Å². The van der Waals surface area contributed by atoms with Crippen molar-refractivity contribution in [2.45, 2.75) is 81.1 Å². The zero-order chi connectivity index (χ0) is 24.1. The van der Waals surface area contributed by atoms with Gasteiger partial charge >= 0.3 is 0 Å². The van der Waals surface area contributed by atoms with Crippen LogP contribution in [0.25, 0.3) is 11.1 Å². The molecule has 32 heavy (non-hydrogen) atoms. The molecule has 1 aliphatic rings. The molecular formula is C31H44O. The van der Waals surface area contributed by atoms with Gasteiger partial charge in [-0.05, 0) is 65.8 Å². The highest BCUT2D eigenvalue weighted by Crippen LogP contribution is 2.26. The van der Waals surface area contributed by atoms with E-state index in [-0.39, 0.29) is 5.78 Å². The van der Waals surface area contributed by atoms with E-state index in [2.05, 4.69) is 77.1 Å². The largest absolute Gasteiger partial charge is 0.294 e. The first-order valence-electron chi connectivity index (χ1n) is 12.5. The third kappa shape index (κ3) is 8.99. The summed E-state index contributed by atoms with van der Waals surface area (Å²) in [5.41, 5.74) is 7.87. The van der Waals surface area contributed by atoms with Gasteiger partial charge in [-0.2, -0.15) is 0 Å². The van der Waals surface area contributed by atoms with E-state index in [4.69, 9.17) is 0 Å². The highest BCUT2D eigenvalue weighted by Gasteiger charge is 2.09. The lowest BCUT2D eigenvalue weighted by atomic mass is 9.94. The van der Waals surface area contributed by atoms with Gasteiger partial charge in [0.15, 0.2) is 5.78 Å². The summed E-state index contributed by atoms with van der Waals surface area (Å²) in [4.78, 5) is 11.0. The van der Waals surface area contributed by atoms with Crippen molar-refractivity contribution in [3.63, 3.8) is 0 Å². The molecular weight excluding hydrogens is 388 g/mol. The molecule has 1 unspecified atom stereocenters. The number of aryl methyl sites for hydroxylation is 3. The first-order chi connectivity index (χ1) is 15.3. The Kier molecular flexibility index (Phi) is 12.6. The Morgan fingerprint density at radius 3 is 2.28 bits per heavy atom. The summed E-state index contributed by atoms with van der Waals surface area (Å²) in [6, 6.07) is 15.9. The van der Waals surface area contributed by atoms with Crippen molar-refractivity contribution in [2.75, 3.05) is 0 Å². The van der Waals surface area contributed by atoms with Crippen LogP contribution in [0.1, 0.15) is 78.0 Å². The second kappa shape index (κ2) is 14.6. The Balaban J connectivity index is 0.000000358. The van der Waals surface area contributed by atoms with Crippen molar-refractivity contribution in [3.05, 3.63) is 83.0 Å². The molecule has 3 rings (SSSR count). The lowest BCUT2D eigenvalue weighted by molar-refractivity contribution is -0.114. The molecule has 0 amide bonds. The number of benzene rings is 2. The predicted octanol–water partition coefficient (Wildman–Crippen LogP) is 8.94. The molecule has 0 saturated carbocycles. The van der Waals surface area contributed by atoms with E-state index in [0.717, 1.165) is 17.9 Å². The van der Waals surface area contributed by atoms with E-state index < -0.39 is 0 Å². The van der Waals surface area contributed by atoms with Gasteiger partial charge in [0.2, 0.25) is 0 Å². The number of hydrogen-bond acceptors (Lipinski definition) is 1. The minimum Gasteiger partial charge on any atom is -0.294 e. The summed E-state index contributed by atoms with van der Waals surface area (Å²) >= 11 is 0. The summed E-state index contributed by atoms with van der Waals surface area (Å²) in [5, 5.41) is 0. The molecule has 1 aliphatic carbocycles. The first kappa shape index (κ1) is 27.6. The fraction of sp³-hybridized carbons (Fsp3) is 0.452. The van der Waals surface area contributed by atoms with Crippen LogP contribution >= 0.6 is 0 Å². The van der Waals surface area contributed by atoms with Gasteiger partial charge in [0.1, 0.15) is 0 Å². The summed E-state index contributed by atoms with van der Waals surface area (Å²) in [5.74, 6) is 1.47. The maximum absolute atomic E-state index is 11.0. The Labute approximate surface area is 197 Å². The Morgan fingerprint density at radius 2 is 1.72 bits per heavy atom. The van der Waals surface area contributed by atoms with Crippen LogP contribution in [0.3, 0.4) is 0 Å². The summed E-state index contributed by atoms with van der Waals surface area (Å²) in [7, 11) is 0. The molecule has 1 atom stereocenters. The molecule has 0 fully saturated rings. The average molecular weight is 433 g/mol. The van der Waals surface area contributed by atoms with Crippen LogP contribution in [0.15, 0.2) is 66.3 Å². The molecule has 0 aromatic heterocycles. The van der Waals surface area contributed by atoms with Crippen molar-refractivity contribution in [1.82, 2.24) is 0 Å². The Bertz CT molecular complexity index is 898. The fourth-order valence-electron chi connectivity index (χ4n) is 3.59. The number of rotatable bonds is 7. The van der Waals surface area contributed by atoms with E-state index in [0.29, 0.717) is 12.3 Å². The second-order valence-corrected chi connectivity index (χ2v) is 8.75. The van der Waals surface area contributed by atoms with Gasteiger partial charge in [-0.1, -0.05) is 109 Å². The zero-order valence-corrected chi connectivity index (χ0v) is 21.7. The maximum atomic E-state index is 11.0. The van der Waals surface area contributed by atoms with Crippen molar-refractivity contribution < 1.29 is 4.79 Å². The number of allylic oxidation sites excluding steroid dienone is 4. The number of hydrogen-bond donors (Lipinski definition) is 0. The van der Waals surface area contributed by atoms with E-state index >= 15 is 0 Å². The molecule has 0 saturated heterocycles. The molecule has 0 bridgehead atoms. The van der Waals surface area contributed by atoms with Gasteiger partial charge in [0, 0.05) is 12.0 Å². The third-order valence-corrected chi connectivity index (χ3v) is 5.62. The quantitative estimate of drug-likeness (QED) is 0.427. The molecule has 0 spiro atoms. The lowest BCUT2D eigenvalue weighted by Gasteiger charge is -2.11. The second-order valence-electron chi connectivity index (χ2n) is 8.75. The van der Waals surface area contributed by atoms with E-state index in [1.54, 1.807) is 0 Å². The fourth-order valence-corrected chi connectivity index (χ4v) is 3.59. The van der Waals surface area contributed by atoms with Crippen molar-refractivity contribution in [1.29, 1.82) is 0 Å². The van der Waals surface area contributed by atoms with E-state index in [1.807, 2.05) is 39.0 Å². The molecule has 0 heterocycles. The maximum Gasteiger partial charge on any atom is 0.162 e. The van der Waals surface area contributed by atoms with Crippen LogP contribution in [0.2, 0.25) is 0 Å². The average Bonchev–Trinajstić information content (AvgIpc) is 3.26. The molecule has 0 radical (unpaired) electrons. The number of ketones is 1. The minimum atomic E-state index is 0.251. The van der Waals surface area contributed by atoms with E-state index in [9.17, 15) is 4.79 Å². The summed E-state index contributed by atoms with van der Waals surface area (Å²) < 4.78 is 0. The summed E-state index contributed by atoms with van der Waals surface area (Å²) in [6.07, 6.45) is 10.1. The summed E-state index contributed by atoms with van der Waals surface area (Å²) in [6.45, 7) is 17.0. The molecule has 174 valence electrons. The molecule has 2 aromatic rings. The van der Waals surface area contributed by atoms with Gasteiger partial charge in [-0.3, -0.25) is 4.79 Å². The van der Waals surface area contributed by atoms with Gasteiger partial charge in [-0.25, -0.2) is 0 Å². The molecule has 1 heteroatoms. The third-order valence-electron chi connectivity index (χ3n) is 5.62. The SMILES string of the molecule is CC.CCC(=O)C1=CC(C)C=C1.CCc1cccc(-c2cc(CCC(C)C)ccc2C)c1. The number of Topliss-reactive ketones (excluding diaryl/α,β-unsaturated/α-hetero) is 1. The van der Waals surface area contributed by atoms with Gasteiger partial charge in [-0.15, -0.1) is 0 Å². The highest BCUT2D eigenvalue weighted by atomic mass is 16.1. The van der Waals surface area contributed by atoms with Gasteiger partial charge < -0.3 is 0 Å². The van der Waals surface area contributed by atoms with Crippen LogP contribution in [0.5, 0.6) is 0 Å². The first-order valence-corrected chi connectivity index (χ1v) is 12.5. The Hall–Kier alpha value is -2.41. The van der Waals surface area contributed by atoms with Crippen molar-refractivity contribution >= 4 is 5.78 Å². The van der Waals surface area contributed by atoms with E-state index in [1.165, 1.54) is 40.7 Å². The monoisotopic (exact) mass is 432 g/mol. The molecule has 2 aromatic carbocycles. The van der Waals surface area contributed by atoms with Gasteiger partial charge in [0.05, 0.1) is 0 Å². The minimum absolute atomic E-state index is 0.251. The molecule has 1 nitrogen and oxygen atoms in total. The molecule has 0 aliphatic heterocycles. The number of carbonyl (C=O) groups is 1. The van der Waals surface area contributed by atoms with Crippen molar-refractivity contribution in [3.8, 4) is 11.1 Å². The number of carbonyl (C=O) groups excluding carboxylic acids is 1. The standard InChI is InChI=1S/C20H26.C9H12O.C2H6/c1-5-17-7-6-8-19(13-17)20-14-18(11-9-15(2)3)12-10-16(20)4;1-3-9(10)8-5-4-7(2)6-8;1-2/h6-8,10,12-15H,5,9,11H2,1-4H3;4-7H,3H2,1-2H3;1-2H3. The normalized spacial score (nSPS) is 14.3. The smallest absolute Gasteiger partial charge is 0.162 e. The zero-order valence-electron chi connectivity index (χ0n) is 21.7. The Morgan fingerprint density at radius 1 is 1.00 bits per heavy atom. The van der Waals surface area contributed by atoms with Crippen LogP contribution in [0.4, 0.5) is 0 Å².